The van der Waals surface area contributed by atoms with E-state index in [0.29, 0.717) is 16.7 Å². The second-order valence-corrected chi connectivity index (χ2v) is 4.42. The van der Waals surface area contributed by atoms with Gasteiger partial charge in [-0.15, -0.1) is 0 Å². The molecule has 0 atom stereocenters. The summed E-state index contributed by atoms with van der Waals surface area (Å²) in [5, 5.41) is 2.96. The zero-order valence-electron chi connectivity index (χ0n) is 8.88. The largest absolute Gasteiger partial charge is 0.379 e. The Morgan fingerprint density at radius 1 is 1.06 bits per heavy atom. The van der Waals surface area contributed by atoms with Crippen LogP contribution in [0.25, 0.3) is 0 Å². The van der Waals surface area contributed by atoms with E-state index < -0.39 is 0 Å². The van der Waals surface area contributed by atoms with Gasteiger partial charge in [0.25, 0.3) is 0 Å². The molecule has 0 aliphatic carbocycles. The quantitative estimate of drug-likeness (QED) is 0.889. The number of nitrogens with one attached hydrogen (secondary N) is 1. The number of anilines is 1. The molecule has 0 saturated heterocycles. The summed E-state index contributed by atoms with van der Waals surface area (Å²) in [6, 6.07) is 10.9. The van der Waals surface area contributed by atoms with Crippen LogP contribution >= 0.6 is 15.9 Å². The molecule has 0 saturated carbocycles. The first-order valence-corrected chi connectivity index (χ1v) is 5.88. The number of para-hydroxylation sites is 1. The predicted molar refractivity (Wildman–Crippen MR) is 67.8 cm³/mol. The van der Waals surface area contributed by atoms with E-state index in [2.05, 4.69) is 21.2 Å². The lowest BCUT2D eigenvalue weighted by atomic mass is 10.2. The molecule has 0 aliphatic heterocycles. The molecule has 0 spiro atoms. The van der Waals surface area contributed by atoms with Gasteiger partial charge in [0.05, 0.1) is 5.69 Å². The third kappa shape index (κ3) is 3.03. The molecule has 0 amide bonds. The molecule has 0 unspecified atom stereocenters. The Hall–Kier alpha value is -1.42. The second-order valence-electron chi connectivity index (χ2n) is 3.57. The molecular weight excluding hydrogens is 288 g/mol. The van der Waals surface area contributed by atoms with Crippen molar-refractivity contribution >= 4 is 21.6 Å². The van der Waals surface area contributed by atoms with E-state index in [-0.39, 0.29) is 11.6 Å². The van der Waals surface area contributed by atoms with Crippen LogP contribution in [-0.2, 0) is 6.54 Å². The third-order valence-corrected chi connectivity index (χ3v) is 3.10. The van der Waals surface area contributed by atoms with Crippen LogP contribution < -0.4 is 5.32 Å². The van der Waals surface area contributed by atoms with Crippen molar-refractivity contribution in [1.29, 1.82) is 0 Å². The Balaban J connectivity index is 2.10. The van der Waals surface area contributed by atoms with E-state index >= 15 is 0 Å². The zero-order chi connectivity index (χ0) is 12.3. The van der Waals surface area contributed by atoms with Crippen LogP contribution in [0.1, 0.15) is 5.56 Å². The standard InChI is InChI=1S/C13H10BrF2N/c14-11-7-10(15)6-5-9(11)8-17-13-4-2-1-3-12(13)16/h1-7,17H,8H2. The van der Waals surface area contributed by atoms with Gasteiger partial charge >= 0.3 is 0 Å². The second kappa shape index (κ2) is 5.27. The fourth-order valence-corrected chi connectivity index (χ4v) is 1.95. The summed E-state index contributed by atoms with van der Waals surface area (Å²) in [7, 11) is 0. The van der Waals surface area contributed by atoms with Crippen molar-refractivity contribution < 1.29 is 8.78 Å². The minimum absolute atomic E-state index is 0.300. The molecule has 0 aliphatic rings. The molecule has 88 valence electrons. The fourth-order valence-electron chi connectivity index (χ4n) is 1.46. The summed E-state index contributed by atoms with van der Waals surface area (Å²) in [4.78, 5) is 0. The smallest absolute Gasteiger partial charge is 0.146 e. The fraction of sp³-hybridized carbons (Fsp3) is 0.0769. The van der Waals surface area contributed by atoms with Gasteiger partial charge in [0.2, 0.25) is 0 Å². The van der Waals surface area contributed by atoms with Crippen molar-refractivity contribution in [3.8, 4) is 0 Å². The van der Waals surface area contributed by atoms with Crippen molar-refractivity contribution in [2.24, 2.45) is 0 Å². The maximum atomic E-state index is 13.3. The van der Waals surface area contributed by atoms with Crippen LogP contribution in [-0.4, -0.2) is 0 Å². The summed E-state index contributed by atoms with van der Waals surface area (Å²) < 4.78 is 26.9. The highest BCUT2D eigenvalue weighted by Gasteiger charge is 2.03. The number of benzene rings is 2. The lowest BCUT2D eigenvalue weighted by Gasteiger charge is -2.09. The molecule has 4 heteroatoms. The van der Waals surface area contributed by atoms with Gasteiger partial charge in [0, 0.05) is 11.0 Å². The highest BCUT2D eigenvalue weighted by Crippen LogP contribution is 2.20. The lowest BCUT2D eigenvalue weighted by molar-refractivity contribution is 0.625. The number of hydrogen-bond acceptors (Lipinski definition) is 1. The highest BCUT2D eigenvalue weighted by molar-refractivity contribution is 9.10. The van der Waals surface area contributed by atoms with Gasteiger partial charge in [0.1, 0.15) is 11.6 Å². The Kier molecular flexibility index (Phi) is 3.74. The van der Waals surface area contributed by atoms with Gasteiger partial charge in [-0.05, 0) is 29.8 Å². The molecule has 0 heterocycles. The van der Waals surface area contributed by atoms with Crippen LogP contribution in [0.4, 0.5) is 14.5 Å². The van der Waals surface area contributed by atoms with Crippen molar-refractivity contribution in [3.05, 3.63) is 64.1 Å². The van der Waals surface area contributed by atoms with E-state index in [0.717, 1.165) is 5.56 Å². The first-order chi connectivity index (χ1) is 8.16. The van der Waals surface area contributed by atoms with E-state index in [4.69, 9.17) is 0 Å². The molecule has 17 heavy (non-hydrogen) atoms. The topological polar surface area (TPSA) is 12.0 Å². The van der Waals surface area contributed by atoms with Gasteiger partial charge in [-0.2, -0.15) is 0 Å². The minimum Gasteiger partial charge on any atom is -0.379 e. The van der Waals surface area contributed by atoms with E-state index in [1.54, 1.807) is 24.3 Å². The van der Waals surface area contributed by atoms with Crippen LogP contribution in [0.5, 0.6) is 0 Å². The summed E-state index contributed by atoms with van der Waals surface area (Å²) in [6.07, 6.45) is 0. The maximum Gasteiger partial charge on any atom is 0.146 e. The summed E-state index contributed by atoms with van der Waals surface area (Å²) in [6.45, 7) is 0.432. The number of rotatable bonds is 3. The maximum absolute atomic E-state index is 13.3. The Labute approximate surface area is 107 Å². The molecule has 2 aromatic rings. The van der Waals surface area contributed by atoms with Crippen molar-refractivity contribution in [2.45, 2.75) is 6.54 Å². The molecule has 0 fully saturated rings. The van der Waals surface area contributed by atoms with Gasteiger partial charge in [0.15, 0.2) is 0 Å². The molecule has 2 aromatic carbocycles. The van der Waals surface area contributed by atoms with Crippen LogP contribution in [0.3, 0.4) is 0 Å². The van der Waals surface area contributed by atoms with Gasteiger partial charge in [-0.1, -0.05) is 34.1 Å². The lowest BCUT2D eigenvalue weighted by Crippen LogP contribution is -2.02. The third-order valence-electron chi connectivity index (χ3n) is 2.36. The van der Waals surface area contributed by atoms with Crippen molar-refractivity contribution in [1.82, 2.24) is 0 Å². The molecule has 1 nitrogen and oxygen atoms in total. The average molecular weight is 298 g/mol. The predicted octanol–water partition coefficient (Wildman–Crippen LogP) is 4.34. The monoisotopic (exact) mass is 297 g/mol. The van der Waals surface area contributed by atoms with E-state index in [1.807, 2.05) is 0 Å². The van der Waals surface area contributed by atoms with Crippen LogP contribution in [0.2, 0.25) is 0 Å². The first-order valence-electron chi connectivity index (χ1n) is 5.09. The SMILES string of the molecule is Fc1ccc(CNc2ccccc2F)c(Br)c1. The first kappa shape index (κ1) is 12.0. The van der Waals surface area contributed by atoms with Crippen LogP contribution in [0, 0.1) is 11.6 Å². The summed E-state index contributed by atoms with van der Waals surface area (Å²) in [5.41, 5.74) is 1.30. The Bertz CT molecular complexity index is 529. The molecule has 2 rings (SSSR count). The van der Waals surface area contributed by atoms with E-state index in [9.17, 15) is 8.78 Å². The molecule has 0 aromatic heterocycles. The minimum atomic E-state index is -0.300. The number of hydrogen-bond donors (Lipinski definition) is 1. The molecular formula is C13H10BrF2N. The number of halogens is 3. The van der Waals surface area contributed by atoms with Crippen molar-refractivity contribution in [3.63, 3.8) is 0 Å². The van der Waals surface area contributed by atoms with E-state index in [1.165, 1.54) is 18.2 Å². The molecule has 1 N–H and O–H groups in total. The van der Waals surface area contributed by atoms with Crippen LogP contribution in [0.15, 0.2) is 46.9 Å². The van der Waals surface area contributed by atoms with Gasteiger partial charge in [-0.3, -0.25) is 0 Å². The summed E-state index contributed by atoms with van der Waals surface area (Å²) >= 11 is 3.27. The van der Waals surface area contributed by atoms with Crippen molar-refractivity contribution in [2.75, 3.05) is 5.32 Å². The normalized spacial score (nSPS) is 10.3. The van der Waals surface area contributed by atoms with Gasteiger partial charge in [-0.25, -0.2) is 8.78 Å². The summed E-state index contributed by atoms with van der Waals surface area (Å²) in [5.74, 6) is -0.600. The molecule has 0 bridgehead atoms. The zero-order valence-corrected chi connectivity index (χ0v) is 10.5. The molecule has 0 radical (unpaired) electrons. The highest BCUT2D eigenvalue weighted by atomic mass is 79.9. The Morgan fingerprint density at radius 3 is 2.53 bits per heavy atom. The average Bonchev–Trinajstić information content (AvgIpc) is 2.30. The Morgan fingerprint density at radius 2 is 1.82 bits per heavy atom. The van der Waals surface area contributed by atoms with Gasteiger partial charge < -0.3 is 5.32 Å².